The Balaban J connectivity index is 3.14. The average molecular weight is 315 g/mol. The molecule has 0 saturated carbocycles. The Labute approximate surface area is 128 Å². The Kier molecular flexibility index (Phi) is 5.51. The Morgan fingerprint density at radius 3 is 2.57 bits per heavy atom. The van der Waals surface area contributed by atoms with E-state index >= 15 is 0 Å². The molecule has 0 aliphatic rings. The van der Waals surface area contributed by atoms with E-state index in [0.29, 0.717) is 0 Å². The Morgan fingerprint density at radius 1 is 1.48 bits per heavy atom. The summed E-state index contributed by atoms with van der Waals surface area (Å²) in [5.74, 6) is 4.80. The molecule has 4 N–H and O–H groups in total. The second-order valence-corrected chi connectivity index (χ2v) is 5.75. The number of hydrogen-bond donors (Lipinski definition) is 3. The lowest BCUT2D eigenvalue weighted by atomic mass is 9.98. The van der Waals surface area contributed by atoms with Crippen molar-refractivity contribution in [2.24, 2.45) is 5.84 Å². The highest BCUT2D eigenvalue weighted by atomic mass is 35.5. The van der Waals surface area contributed by atoms with Gasteiger partial charge in [-0.2, -0.15) is 0 Å². The molecule has 0 aromatic heterocycles. The van der Waals surface area contributed by atoms with Gasteiger partial charge in [0, 0.05) is 17.2 Å². The summed E-state index contributed by atoms with van der Waals surface area (Å²) in [4.78, 5) is 22.6. The molecule has 8 heteroatoms. The maximum absolute atomic E-state index is 12.2. The first-order valence-corrected chi connectivity index (χ1v) is 6.86. The van der Waals surface area contributed by atoms with Crippen molar-refractivity contribution < 1.29 is 9.72 Å². The zero-order valence-electron chi connectivity index (χ0n) is 12.2. The van der Waals surface area contributed by atoms with Crippen LogP contribution in [0.5, 0.6) is 0 Å². The maximum atomic E-state index is 12.2. The number of nitrogens with two attached hydrogens (primary N) is 1. The van der Waals surface area contributed by atoms with Crippen molar-refractivity contribution in [3.05, 3.63) is 32.8 Å². The average Bonchev–Trinajstić information content (AvgIpc) is 2.36. The molecule has 1 rings (SSSR count). The number of benzene rings is 1. The molecule has 7 nitrogen and oxygen atoms in total. The van der Waals surface area contributed by atoms with Crippen LogP contribution in [0.3, 0.4) is 0 Å². The molecule has 1 aromatic rings. The number of rotatable bonds is 6. The summed E-state index contributed by atoms with van der Waals surface area (Å²) in [6.45, 7) is 5.79. The third-order valence-corrected chi connectivity index (χ3v) is 3.30. The van der Waals surface area contributed by atoms with Gasteiger partial charge < -0.3 is 10.7 Å². The molecule has 0 unspecified atom stereocenters. The molecular formula is C13H19ClN4O3. The first-order chi connectivity index (χ1) is 9.71. The number of carbonyl (C=O) groups is 1. The fourth-order valence-electron chi connectivity index (χ4n) is 2.08. The number of hydrazine groups is 1. The van der Waals surface area contributed by atoms with Crippen LogP contribution in [0.4, 0.5) is 11.4 Å². The monoisotopic (exact) mass is 314 g/mol. The number of carbonyl (C=O) groups excluding carboxylic acids is 1. The minimum Gasteiger partial charge on any atom is -0.347 e. The van der Waals surface area contributed by atoms with Gasteiger partial charge in [0.15, 0.2) is 0 Å². The molecule has 0 spiro atoms. The van der Waals surface area contributed by atoms with Gasteiger partial charge >= 0.3 is 0 Å². The number of amides is 1. The molecule has 0 bridgehead atoms. The number of halogens is 1. The largest absolute Gasteiger partial charge is 0.347 e. The van der Waals surface area contributed by atoms with Crippen LogP contribution < -0.4 is 16.6 Å². The van der Waals surface area contributed by atoms with Gasteiger partial charge in [-0.25, -0.2) is 0 Å². The zero-order valence-corrected chi connectivity index (χ0v) is 13.0. The van der Waals surface area contributed by atoms with Gasteiger partial charge in [0.1, 0.15) is 5.69 Å². The van der Waals surface area contributed by atoms with Gasteiger partial charge in [-0.05, 0) is 26.3 Å². The highest BCUT2D eigenvalue weighted by Gasteiger charge is 2.24. The van der Waals surface area contributed by atoms with Crippen LogP contribution in [0.15, 0.2) is 12.1 Å². The summed E-state index contributed by atoms with van der Waals surface area (Å²) in [5.41, 5.74) is 1.52. The topological polar surface area (TPSA) is 110 Å². The second-order valence-electron chi connectivity index (χ2n) is 5.34. The lowest BCUT2D eigenvalue weighted by molar-refractivity contribution is -0.384. The van der Waals surface area contributed by atoms with E-state index in [-0.39, 0.29) is 22.0 Å². The smallest absolute Gasteiger partial charge is 0.295 e. The number of nitro groups is 1. The van der Waals surface area contributed by atoms with Gasteiger partial charge in [0.2, 0.25) is 0 Å². The number of hydrogen-bond acceptors (Lipinski definition) is 5. The standard InChI is InChI=1S/C13H19ClN4O3/c1-4-5-13(2,3)16-12(19)8-6-9(14)11(17-15)10(7-8)18(20)21/h6-7,17H,4-5,15H2,1-3H3,(H,16,19). The molecule has 0 aliphatic heterocycles. The molecule has 116 valence electrons. The van der Waals surface area contributed by atoms with Crippen LogP contribution >= 0.6 is 11.6 Å². The molecule has 21 heavy (non-hydrogen) atoms. The fraction of sp³-hybridized carbons (Fsp3) is 0.462. The van der Waals surface area contributed by atoms with Gasteiger partial charge in [-0.15, -0.1) is 0 Å². The third kappa shape index (κ3) is 4.30. The second kappa shape index (κ2) is 6.73. The van der Waals surface area contributed by atoms with Crippen molar-refractivity contribution in [1.82, 2.24) is 5.32 Å². The van der Waals surface area contributed by atoms with Crippen molar-refractivity contribution in [3.63, 3.8) is 0 Å². The maximum Gasteiger partial charge on any atom is 0.295 e. The number of nitro benzene ring substituents is 1. The summed E-state index contributed by atoms with van der Waals surface area (Å²) in [5, 5.41) is 13.9. The summed E-state index contributed by atoms with van der Waals surface area (Å²) in [7, 11) is 0. The predicted octanol–water partition coefficient (Wildman–Crippen LogP) is 2.84. The van der Waals surface area contributed by atoms with E-state index in [1.807, 2.05) is 20.8 Å². The van der Waals surface area contributed by atoms with Crippen molar-refractivity contribution in [1.29, 1.82) is 0 Å². The molecule has 0 saturated heterocycles. The van der Waals surface area contributed by atoms with Crippen molar-refractivity contribution in [2.45, 2.75) is 39.2 Å². The molecule has 1 aromatic carbocycles. The zero-order chi connectivity index (χ0) is 16.2. The van der Waals surface area contributed by atoms with Crippen LogP contribution in [0.25, 0.3) is 0 Å². The van der Waals surface area contributed by atoms with Gasteiger partial charge in [0.05, 0.1) is 9.95 Å². The van der Waals surface area contributed by atoms with Crippen molar-refractivity contribution >= 4 is 28.9 Å². The van der Waals surface area contributed by atoms with Gasteiger partial charge in [-0.1, -0.05) is 24.9 Å². The number of nitrogens with one attached hydrogen (secondary N) is 2. The molecule has 0 fully saturated rings. The van der Waals surface area contributed by atoms with Crippen LogP contribution in [0.1, 0.15) is 44.0 Å². The van der Waals surface area contributed by atoms with Crippen LogP contribution in [-0.2, 0) is 0 Å². The number of nitrogen functional groups attached to an aromatic ring is 1. The lowest BCUT2D eigenvalue weighted by Crippen LogP contribution is -2.43. The van der Waals surface area contributed by atoms with E-state index in [0.717, 1.165) is 18.9 Å². The lowest BCUT2D eigenvalue weighted by Gasteiger charge is -2.25. The van der Waals surface area contributed by atoms with E-state index in [4.69, 9.17) is 17.4 Å². The quantitative estimate of drug-likeness (QED) is 0.425. The Bertz CT molecular complexity index is 561. The van der Waals surface area contributed by atoms with E-state index in [9.17, 15) is 14.9 Å². The van der Waals surface area contributed by atoms with Crippen molar-refractivity contribution in [3.8, 4) is 0 Å². The van der Waals surface area contributed by atoms with E-state index in [1.165, 1.54) is 6.07 Å². The first kappa shape index (κ1) is 17.2. The predicted molar refractivity (Wildman–Crippen MR) is 82.4 cm³/mol. The SMILES string of the molecule is CCCC(C)(C)NC(=O)c1cc(Cl)c(NN)c([N+](=O)[O-])c1. The number of nitrogens with zero attached hydrogens (tertiary/aromatic N) is 1. The van der Waals surface area contributed by atoms with E-state index in [2.05, 4.69) is 10.7 Å². The summed E-state index contributed by atoms with van der Waals surface area (Å²) >= 11 is 5.93. The summed E-state index contributed by atoms with van der Waals surface area (Å²) < 4.78 is 0. The molecule has 0 heterocycles. The Morgan fingerprint density at radius 2 is 2.10 bits per heavy atom. The number of anilines is 1. The molecule has 0 radical (unpaired) electrons. The highest BCUT2D eigenvalue weighted by Crippen LogP contribution is 2.33. The van der Waals surface area contributed by atoms with E-state index in [1.54, 1.807) is 0 Å². The molecule has 1 amide bonds. The third-order valence-electron chi connectivity index (χ3n) is 3.00. The van der Waals surface area contributed by atoms with Gasteiger partial charge in [-0.3, -0.25) is 20.8 Å². The highest BCUT2D eigenvalue weighted by molar-refractivity contribution is 6.34. The normalized spacial score (nSPS) is 11.1. The Hall–Kier alpha value is -1.86. The van der Waals surface area contributed by atoms with Crippen molar-refractivity contribution in [2.75, 3.05) is 5.43 Å². The van der Waals surface area contributed by atoms with E-state index < -0.39 is 16.4 Å². The van der Waals surface area contributed by atoms with Crippen LogP contribution in [-0.4, -0.2) is 16.4 Å². The summed E-state index contributed by atoms with van der Waals surface area (Å²) in [6.07, 6.45) is 1.70. The fourth-order valence-corrected chi connectivity index (χ4v) is 2.35. The molecular weight excluding hydrogens is 296 g/mol. The molecule has 0 atom stereocenters. The minimum atomic E-state index is -0.644. The summed E-state index contributed by atoms with van der Waals surface area (Å²) in [6, 6.07) is 2.50. The van der Waals surface area contributed by atoms with Gasteiger partial charge in [0.25, 0.3) is 11.6 Å². The minimum absolute atomic E-state index is 0.0187. The van der Waals surface area contributed by atoms with Crippen LogP contribution in [0, 0.1) is 10.1 Å². The van der Waals surface area contributed by atoms with Crippen LogP contribution in [0.2, 0.25) is 5.02 Å². The first-order valence-electron chi connectivity index (χ1n) is 6.49. The molecule has 0 aliphatic carbocycles.